The van der Waals surface area contributed by atoms with Crippen LogP contribution in [0.15, 0.2) is 67.4 Å². The van der Waals surface area contributed by atoms with Crippen LogP contribution in [0.1, 0.15) is 35.1 Å². The van der Waals surface area contributed by atoms with E-state index >= 15 is 0 Å². The number of anilines is 2. The van der Waals surface area contributed by atoms with Crippen molar-refractivity contribution in [2.45, 2.75) is 44.9 Å². The lowest BCUT2D eigenvalue weighted by Crippen LogP contribution is -2.42. The highest BCUT2D eigenvalue weighted by atomic mass is 32.1. The molecule has 4 heterocycles. The zero-order chi connectivity index (χ0) is 28.5. The number of fused-ring (bicyclic) bond motifs is 2. The van der Waals surface area contributed by atoms with Gasteiger partial charge in [-0.2, -0.15) is 0 Å². The topological polar surface area (TPSA) is 110 Å². The average molecular weight is 571 g/mol. The summed E-state index contributed by atoms with van der Waals surface area (Å²) in [5, 5.41) is 4.73. The first kappa shape index (κ1) is 26.7. The fraction of sp³-hybridized carbons (Fsp3) is 0.267. The number of hydrogen-bond acceptors (Lipinski definition) is 8. The van der Waals surface area contributed by atoms with Crippen molar-refractivity contribution < 1.29 is 18.8 Å². The van der Waals surface area contributed by atoms with E-state index in [1.54, 1.807) is 23.2 Å². The molecule has 1 saturated heterocycles. The van der Waals surface area contributed by atoms with E-state index in [2.05, 4.69) is 20.3 Å². The molecule has 5 aromatic rings. The first-order valence-electron chi connectivity index (χ1n) is 13.3. The second-order valence-corrected chi connectivity index (χ2v) is 11.3. The summed E-state index contributed by atoms with van der Waals surface area (Å²) in [4.78, 5) is 53.0. The lowest BCUT2D eigenvalue weighted by Gasteiger charge is -2.23. The highest BCUT2D eigenvalue weighted by Gasteiger charge is 2.39. The van der Waals surface area contributed by atoms with Crippen LogP contribution in [0.3, 0.4) is 0 Å². The van der Waals surface area contributed by atoms with Gasteiger partial charge in [-0.15, -0.1) is 11.3 Å². The summed E-state index contributed by atoms with van der Waals surface area (Å²) in [6.07, 6.45) is 5.72. The summed E-state index contributed by atoms with van der Waals surface area (Å²) in [5.74, 6) is -0.673. The minimum absolute atomic E-state index is 0.00618. The standard InChI is InChI=1S/C30H27FN6O3S/c1-18(38)23-15-36(25-7-6-20(11-22(23)25)34-21-12-32-17-33-13-21)16-30(40)37-14-19(31)10-26(37)27(39)8-9-29-35-24-4-2-3-5-28(24)41-29/h2-7,11-13,15,17,19,26,34H,8-10,14,16H2,1H3/t19-,26+/m1/s1. The predicted octanol–water partition coefficient (Wildman–Crippen LogP) is 5.13. The summed E-state index contributed by atoms with van der Waals surface area (Å²) in [6.45, 7) is 1.24. The molecule has 2 atom stereocenters. The number of nitrogens with one attached hydrogen (secondary N) is 1. The van der Waals surface area contributed by atoms with Gasteiger partial charge in [0.15, 0.2) is 11.6 Å². The fourth-order valence-electron chi connectivity index (χ4n) is 5.34. The summed E-state index contributed by atoms with van der Waals surface area (Å²) >= 11 is 1.54. The first-order valence-corrected chi connectivity index (χ1v) is 14.1. The van der Waals surface area contributed by atoms with Crippen molar-refractivity contribution in [1.82, 2.24) is 24.4 Å². The van der Waals surface area contributed by atoms with Gasteiger partial charge in [-0.25, -0.2) is 19.3 Å². The van der Waals surface area contributed by atoms with Gasteiger partial charge in [-0.05, 0) is 37.3 Å². The Bertz CT molecular complexity index is 1740. The van der Waals surface area contributed by atoms with Gasteiger partial charge in [0.2, 0.25) is 5.91 Å². The first-order chi connectivity index (χ1) is 19.9. The molecule has 1 aliphatic rings. The van der Waals surface area contributed by atoms with Crippen molar-refractivity contribution in [3.8, 4) is 0 Å². The molecule has 1 fully saturated rings. The van der Waals surface area contributed by atoms with Crippen molar-refractivity contribution >= 4 is 61.3 Å². The Kier molecular flexibility index (Phi) is 7.27. The van der Waals surface area contributed by atoms with Gasteiger partial charge in [0.05, 0.1) is 45.9 Å². The Morgan fingerprint density at radius 3 is 2.68 bits per heavy atom. The average Bonchev–Trinajstić information content (AvgIpc) is 3.67. The number of likely N-dealkylation sites (tertiary alicyclic amines) is 1. The summed E-state index contributed by atoms with van der Waals surface area (Å²) in [5.41, 5.74) is 3.47. The van der Waals surface area contributed by atoms with Crippen molar-refractivity contribution in [3.63, 3.8) is 0 Å². The Labute approximate surface area is 239 Å². The minimum Gasteiger partial charge on any atom is -0.353 e. The number of hydrogen-bond donors (Lipinski definition) is 1. The maximum Gasteiger partial charge on any atom is 0.243 e. The smallest absolute Gasteiger partial charge is 0.243 e. The third kappa shape index (κ3) is 5.58. The molecule has 208 valence electrons. The van der Waals surface area contributed by atoms with Gasteiger partial charge in [-0.1, -0.05) is 12.1 Å². The molecule has 9 nitrogen and oxygen atoms in total. The summed E-state index contributed by atoms with van der Waals surface area (Å²) < 4.78 is 17.3. The fourth-order valence-corrected chi connectivity index (χ4v) is 6.31. The molecular weight excluding hydrogens is 543 g/mol. The molecule has 2 aromatic carbocycles. The number of aromatic nitrogens is 4. The van der Waals surface area contributed by atoms with E-state index in [0.29, 0.717) is 28.6 Å². The Hall–Kier alpha value is -4.51. The zero-order valence-electron chi connectivity index (χ0n) is 22.3. The van der Waals surface area contributed by atoms with E-state index < -0.39 is 12.2 Å². The molecule has 1 amide bonds. The number of Topliss-reactive ketones (excluding diaryl/α,β-unsaturated/α-hetero) is 2. The van der Waals surface area contributed by atoms with Gasteiger partial charge < -0.3 is 14.8 Å². The van der Waals surface area contributed by atoms with Crippen LogP contribution in [0, 0.1) is 0 Å². The molecule has 6 rings (SSSR count). The number of ketones is 2. The molecule has 0 saturated carbocycles. The monoisotopic (exact) mass is 570 g/mol. The second kappa shape index (κ2) is 11.2. The Morgan fingerprint density at radius 2 is 1.90 bits per heavy atom. The molecule has 41 heavy (non-hydrogen) atoms. The summed E-state index contributed by atoms with van der Waals surface area (Å²) in [6, 6.07) is 12.5. The van der Waals surface area contributed by atoms with E-state index in [-0.39, 0.29) is 43.4 Å². The number of nitrogens with zero attached hydrogens (tertiary/aromatic N) is 5. The molecule has 0 bridgehead atoms. The Balaban J connectivity index is 1.18. The number of halogens is 1. The van der Waals surface area contributed by atoms with Crippen LogP contribution in [-0.2, 0) is 22.6 Å². The normalized spacial score (nSPS) is 16.9. The zero-order valence-corrected chi connectivity index (χ0v) is 23.1. The highest BCUT2D eigenvalue weighted by Crippen LogP contribution is 2.29. The van der Waals surface area contributed by atoms with E-state index in [4.69, 9.17) is 0 Å². The van der Waals surface area contributed by atoms with E-state index in [0.717, 1.165) is 20.9 Å². The van der Waals surface area contributed by atoms with E-state index in [1.165, 1.54) is 29.5 Å². The maximum absolute atomic E-state index is 14.5. The summed E-state index contributed by atoms with van der Waals surface area (Å²) in [7, 11) is 0. The molecule has 1 aliphatic heterocycles. The molecule has 11 heteroatoms. The largest absolute Gasteiger partial charge is 0.353 e. The van der Waals surface area contributed by atoms with E-state index in [9.17, 15) is 18.8 Å². The van der Waals surface area contributed by atoms with Crippen LogP contribution in [0.2, 0.25) is 0 Å². The van der Waals surface area contributed by atoms with Gasteiger partial charge in [-0.3, -0.25) is 14.4 Å². The van der Waals surface area contributed by atoms with Gasteiger partial charge >= 0.3 is 0 Å². The minimum atomic E-state index is -1.26. The number of aryl methyl sites for hydroxylation is 1. The van der Waals surface area contributed by atoms with Crippen LogP contribution >= 0.6 is 11.3 Å². The number of para-hydroxylation sites is 1. The quantitative estimate of drug-likeness (QED) is 0.245. The third-order valence-electron chi connectivity index (χ3n) is 7.28. The molecule has 3 aromatic heterocycles. The van der Waals surface area contributed by atoms with Crippen molar-refractivity contribution in [2.24, 2.45) is 0 Å². The van der Waals surface area contributed by atoms with Gasteiger partial charge in [0, 0.05) is 47.6 Å². The number of alkyl halides is 1. The molecule has 0 radical (unpaired) electrons. The van der Waals surface area contributed by atoms with Crippen molar-refractivity contribution in [3.05, 3.63) is 78.0 Å². The van der Waals surface area contributed by atoms with Crippen LogP contribution in [0.5, 0.6) is 0 Å². The molecule has 0 spiro atoms. The van der Waals surface area contributed by atoms with Crippen molar-refractivity contribution in [2.75, 3.05) is 11.9 Å². The van der Waals surface area contributed by atoms with Crippen LogP contribution in [0.25, 0.3) is 21.1 Å². The van der Waals surface area contributed by atoms with Crippen LogP contribution in [-0.4, -0.2) is 60.7 Å². The highest BCUT2D eigenvalue weighted by molar-refractivity contribution is 7.18. The number of amides is 1. The predicted molar refractivity (Wildman–Crippen MR) is 155 cm³/mol. The lowest BCUT2D eigenvalue weighted by atomic mass is 10.1. The SMILES string of the molecule is CC(=O)c1cn(CC(=O)N2C[C@H](F)C[C@H]2C(=O)CCc2nc3ccccc3s2)c2ccc(Nc3cncnc3)cc12. The Morgan fingerprint density at radius 1 is 1.10 bits per heavy atom. The molecule has 0 aliphatic carbocycles. The number of rotatable bonds is 9. The second-order valence-electron chi connectivity index (χ2n) is 10.1. The molecule has 0 unspecified atom stereocenters. The third-order valence-corrected chi connectivity index (χ3v) is 8.38. The number of carbonyl (C=O) groups is 3. The number of carbonyl (C=O) groups excluding carboxylic acids is 3. The lowest BCUT2D eigenvalue weighted by molar-refractivity contribution is -0.138. The molecule has 1 N–H and O–H groups in total. The van der Waals surface area contributed by atoms with Gasteiger partial charge in [0.1, 0.15) is 19.0 Å². The van der Waals surface area contributed by atoms with Crippen LogP contribution < -0.4 is 5.32 Å². The van der Waals surface area contributed by atoms with Gasteiger partial charge in [0.25, 0.3) is 0 Å². The number of thiazole rings is 1. The van der Waals surface area contributed by atoms with Crippen LogP contribution in [0.4, 0.5) is 15.8 Å². The number of benzene rings is 2. The molecular formula is C30H27FN6O3S. The maximum atomic E-state index is 14.5. The van der Waals surface area contributed by atoms with E-state index in [1.807, 2.05) is 42.5 Å². The van der Waals surface area contributed by atoms with Crippen molar-refractivity contribution in [1.29, 1.82) is 0 Å².